The third-order valence-corrected chi connectivity index (χ3v) is 6.00. The second kappa shape index (κ2) is 8.58. The van der Waals surface area contributed by atoms with E-state index in [0.29, 0.717) is 17.3 Å². The first-order chi connectivity index (χ1) is 14.1. The second-order valence-corrected chi connectivity index (χ2v) is 8.12. The van der Waals surface area contributed by atoms with Crippen LogP contribution in [-0.2, 0) is 17.9 Å². The number of amides is 1. The van der Waals surface area contributed by atoms with E-state index in [1.165, 1.54) is 26.8 Å². The third-order valence-electron chi connectivity index (χ3n) is 4.18. The van der Waals surface area contributed by atoms with Crippen molar-refractivity contribution in [1.29, 1.82) is 0 Å². The predicted octanol–water partition coefficient (Wildman–Crippen LogP) is 2.55. The molecule has 0 aliphatic carbocycles. The summed E-state index contributed by atoms with van der Waals surface area (Å²) in [5.74, 6) is -0.344. The van der Waals surface area contributed by atoms with Crippen molar-refractivity contribution in [2.24, 2.45) is 0 Å². The Hall–Kier alpha value is -2.98. The summed E-state index contributed by atoms with van der Waals surface area (Å²) in [5, 5.41) is 13.2. The quantitative estimate of drug-likeness (QED) is 0.457. The number of rotatable bonds is 7. The Kier molecular flexibility index (Phi) is 5.72. The van der Waals surface area contributed by atoms with Crippen LogP contribution in [0.2, 0.25) is 0 Å². The first-order valence-corrected chi connectivity index (χ1v) is 10.6. The van der Waals surface area contributed by atoms with Gasteiger partial charge in [-0.15, -0.1) is 21.5 Å². The van der Waals surface area contributed by atoms with Gasteiger partial charge in [-0.25, -0.2) is 4.39 Å². The molecule has 29 heavy (non-hydrogen) atoms. The van der Waals surface area contributed by atoms with Crippen LogP contribution in [0.15, 0.2) is 64.1 Å². The van der Waals surface area contributed by atoms with Crippen LogP contribution in [-0.4, -0.2) is 30.8 Å². The molecule has 0 radical (unpaired) electrons. The number of aromatic nitrogens is 4. The molecule has 0 fully saturated rings. The van der Waals surface area contributed by atoms with Crippen LogP contribution in [0, 0.1) is 5.82 Å². The molecule has 0 spiro atoms. The molecule has 0 bridgehead atoms. The minimum absolute atomic E-state index is 0.0997. The molecule has 0 saturated heterocycles. The van der Waals surface area contributed by atoms with Gasteiger partial charge in [0.25, 0.3) is 5.56 Å². The summed E-state index contributed by atoms with van der Waals surface area (Å²) in [6.45, 7) is 0.584. The normalized spacial score (nSPS) is 11.1. The molecule has 4 aromatic rings. The summed E-state index contributed by atoms with van der Waals surface area (Å²) in [5.41, 5.74) is 0.165. The fourth-order valence-corrected chi connectivity index (χ4v) is 4.11. The predicted molar refractivity (Wildman–Crippen MR) is 110 cm³/mol. The highest BCUT2D eigenvalue weighted by Gasteiger charge is 2.13. The number of benzene rings is 1. The van der Waals surface area contributed by atoms with Gasteiger partial charge in [-0.2, -0.15) is 0 Å². The molecule has 4 rings (SSSR count). The summed E-state index contributed by atoms with van der Waals surface area (Å²) in [7, 11) is 0. The first-order valence-electron chi connectivity index (χ1n) is 8.71. The Morgan fingerprint density at radius 3 is 2.83 bits per heavy atom. The standard InChI is InChI=1S/C19H16FN5O2S2/c20-15-6-2-1-4-13(15)11-24-7-8-25-17(18(24)27)22-23-19(25)29-12-16(26)21-10-14-5-3-9-28-14/h1-9H,10-12H2,(H,21,26). The fourth-order valence-electron chi connectivity index (χ4n) is 2.71. The Morgan fingerprint density at radius 1 is 1.17 bits per heavy atom. The van der Waals surface area contributed by atoms with E-state index in [9.17, 15) is 14.0 Å². The Labute approximate surface area is 173 Å². The monoisotopic (exact) mass is 429 g/mol. The minimum Gasteiger partial charge on any atom is -0.350 e. The summed E-state index contributed by atoms with van der Waals surface area (Å²) >= 11 is 2.77. The fraction of sp³-hybridized carbons (Fsp3) is 0.158. The van der Waals surface area contributed by atoms with Crippen LogP contribution in [0.3, 0.4) is 0 Å². The number of fused-ring (bicyclic) bond motifs is 1. The van der Waals surface area contributed by atoms with Gasteiger partial charge in [0, 0.05) is 22.8 Å². The molecule has 0 saturated carbocycles. The minimum atomic E-state index is -0.378. The van der Waals surface area contributed by atoms with Gasteiger partial charge in [-0.05, 0) is 17.5 Å². The van der Waals surface area contributed by atoms with Crippen LogP contribution < -0.4 is 10.9 Å². The summed E-state index contributed by atoms with van der Waals surface area (Å²) in [6.07, 6.45) is 3.20. The topological polar surface area (TPSA) is 81.3 Å². The molecule has 0 unspecified atom stereocenters. The number of thioether (sulfide) groups is 1. The number of hydrogen-bond acceptors (Lipinski definition) is 6. The molecule has 148 valence electrons. The van der Waals surface area contributed by atoms with E-state index in [4.69, 9.17) is 0 Å². The van der Waals surface area contributed by atoms with Crippen LogP contribution in [0.1, 0.15) is 10.4 Å². The third kappa shape index (κ3) is 4.38. The molecule has 7 nitrogen and oxygen atoms in total. The molecule has 3 aromatic heterocycles. The van der Waals surface area contributed by atoms with Crippen molar-refractivity contribution in [3.8, 4) is 0 Å². The van der Waals surface area contributed by atoms with Crippen molar-refractivity contribution in [2.45, 2.75) is 18.2 Å². The molecule has 1 N–H and O–H groups in total. The molecule has 0 aliphatic rings. The van der Waals surface area contributed by atoms with Crippen molar-refractivity contribution < 1.29 is 9.18 Å². The van der Waals surface area contributed by atoms with Crippen LogP contribution in [0.5, 0.6) is 0 Å². The van der Waals surface area contributed by atoms with E-state index in [1.807, 2.05) is 17.5 Å². The summed E-state index contributed by atoms with van der Waals surface area (Å²) in [6, 6.07) is 10.2. The van der Waals surface area contributed by atoms with E-state index in [-0.39, 0.29) is 35.2 Å². The zero-order chi connectivity index (χ0) is 20.2. The number of carbonyl (C=O) groups is 1. The molecule has 10 heteroatoms. The summed E-state index contributed by atoms with van der Waals surface area (Å²) in [4.78, 5) is 25.8. The lowest BCUT2D eigenvalue weighted by Crippen LogP contribution is -2.24. The van der Waals surface area contributed by atoms with Gasteiger partial charge in [0.05, 0.1) is 18.8 Å². The van der Waals surface area contributed by atoms with Crippen molar-refractivity contribution in [2.75, 3.05) is 5.75 Å². The largest absolute Gasteiger partial charge is 0.350 e. The van der Waals surface area contributed by atoms with Gasteiger partial charge in [0.15, 0.2) is 5.16 Å². The molecular formula is C19H16FN5O2S2. The first kappa shape index (κ1) is 19.3. The summed E-state index contributed by atoms with van der Waals surface area (Å²) < 4.78 is 16.8. The maximum atomic E-state index is 13.9. The van der Waals surface area contributed by atoms with E-state index in [0.717, 1.165) is 4.88 Å². The Bertz CT molecular complexity index is 1200. The van der Waals surface area contributed by atoms with Gasteiger partial charge in [-0.1, -0.05) is 36.0 Å². The number of hydrogen-bond donors (Lipinski definition) is 1. The maximum absolute atomic E-state index is 13.9. The zero-order valence-electron chi connectivity index (χ0n) is 15.1. The molecule has 1 amide bonds. The van der Waals surface area contributed by atoms with Crippen molar-refractivity contribution in [1.82, 2.24) is 24.5 Å². The van der Waals surface area contributed by atoms with Crippen molar-refractivity contribution in [3.05, 3.63) is 80.8 Å². The van der Waals surface area contributed by atoms with Crippen LogP contribution in [0.25, 0.3) is 5.65 Å². The lowest BCUT2D eigenvalue weighted by Gasteiger charge is -2.07. The number of nitrogens with zero attached hydrogens (tertiary/aromatic N) is 4. The smallest absolute Gasteiger partial charge is 0.296 e. The van der Waals surface area contributed by atoms with E-state index < -0.39 is 0 Å². The SMILES string of the molecule is O=C(CSc1nnc2c(=O)n(Cc3ccccc3F)ccn12)NCc1cccs1. The molecule has 0 aliphatic heterocycles. The van der Waals surface area contributed by atoms with Gasteiger partial charge in [0.2, 0.25) is 11.6 Å². The average molecular weight is 430 g/mol. The van der Waals surface area contributed by atoms with Gasteiger partial charge in [-0.3, -0.25) is 14.0 Å². The highest BCUT2D eigenvalue weighted by atomic mass is 32.2. The molecule has 1 aromatic carbocycles. The van der Waals surface area contributed by atoms with Gasteiger partial charge >= 0.3 is 0 Å². The Balaban J connectivity index is 1.45. The van der Waals surface area contributed by atoms with E-state index in [1.54, 1.807) is 41.9 Å². The Morgan fingerprint density at radius 2 is 2.03 bits per heavy atom. The molecular weight excluding hydrogens is 413 g/mol. The lowest BCUT2D eigenvalue weighted by atomic mass is 10.2. The average Bonchev–Trinajstić information content (AvgIpc) is 3.38. The lowest BCUT2D eigenvalue weighted by molar-refractivity contribution is -0.118. The second-order valence-electron chi connectivity index (χ2n) is 6.14. The van der Waals surface area contributed by atoms with Gasteiger partial charge in [0.1, 0.15) is 5.82 Å². The van der Waals surface area contributed by atoms with Crippen molar-refractivity contribution in [3.63, 3.8) is 0 Å². The highest BCUT2D eigenvalue weighted by Crippen LogP contribution is 2.16. The number of nitrogens with one attached hydrogen (secondary N) is 1. The zero-order valence-corrected chi connectivity index (χ0v) is 16.8. The van der Waals surface area contributed by atoms with E-state index >= 15 is 0 Å². The maximum Gasteiger partial charge on any atom is 0.296 e. The highest BCUT2D eigenvalue weighted by molar-refractivity contribution is 7.99. The van der Waals surface area contributed by atoms with Crippen LogP contribution >= 0.6 is 23.1 Å². The van der Waals surface area contributed by atoms with Gasteiger partial charge < -0.3 is 9.88 Å². The van der Waals surface area contributed by atoms with Crippen molar-refractivity contribution >= 4 is 34.7 Å². The van der Waals surface area contributed by atoms with E-state index in [2.05, 4.69) is 15.5 Å². The molecule has 3 heterocycles. The van der Waals surface area contributed by atoms with Crippen LogP contribution in [0.4, 0.5) is 4.39 Å². The number of thiophene rings is 1. The molecule has 0 atom stereocenters. The number of halogens is 1. The number of carbonyl (C=O) groups excluding carboxylic acids is 1.